The van der Waals surface area contributed by atoms with Gasteiger partial charge in [0.05, 0.1) is 11.1 Å². The zero-order chi connectivity index (χ0) is 28.8. The predicted molar refractivity (Wildman–Crippen MR) is 135 cm³/mol. The number of carboxylic acids is 1. The van der Waals surface area contributed by atoms with Crippen LogP contribution < -0.4 is 10.6 Å². The quantitative estimate of drug-likeness (QED) is 0.224. The molecular weight excluding hydrogens is 541 g/mol. The van der Waals surface area contributed by atoms with Crippen LogP contribution in [0, 0.1) is 0 Å². The average Bonchev–Trinajstić information content (AvgIpc) is 3.45. The van der Waals surface area contributed by atoms with Crippen LogP contribution in [0.3, 0.4) is 0 Å². The number of sulfonamides is 1. The standard InChI is InChI=1S/C22H24N6O3S.C2HF3O2/c1-27-12-10-24-21(27)18-5-7-19(8-6-18)32(30,31)26-20-9-11-28(22(20)29)15-17-4-2-3-16(13-17)14-25-23;3-2(4,5)1(6)7/h2-8,10,12-14,20,26H,9,11,15,23H2,1H3;(H,6,7)/t20-;/m0./s1. The minimum Gasteiger partial charge on any atom is -0.475 e. The Kier molecular flexibility index (Phi) is 9.08. The Balaban J connectivity index is 0.000000532. The fourth-order valence-corrected chi connectivity index (χ4v) is 4.99. The Morgan fingerprint density at radius 3 is 2.49 bits per heavy atom. The van der Waals surface area contributed by atoms with E-state index in [-0.39, 0.29) is 10.8 Å². The van der Waals surface area contributed by atoms with E-state index in [0.29, 0.717) is 19.5 Å². The van der Waals surface area contributed by atoms with E-state index in [4.69, 9.17) is 15.7 Å². The smallest absolute Gasteiger partial charge is 0.475 e. The zero-order valence-electron chi connectivity index (χ0n) is 20.5. The van der Waals surface area contributed by atoms with Crippen LogP contribution in [-0.4, -0.2) is 64.8 Å². The van der Waals surface area contributed by atoms with E-state index in [1.807, 2.05) is 42.1 Å². The number of hydrogen-bond acceptors (Lipinski definition) is 7. The lowest BCUT2D eigenvalue weighted by Crippen LogP contribution is -2.41. The van der Waals surface area contributed by atoms with E-state index in [1.54, 1.807) is 23.2 Å². The number of aliphatic carboxylic acids is 1. The molecule has 1 aliphatic rings. The highest BCUT2D eigenvalue weighted by Crippen LogP contribution is 2.21. The number of hydrazone groups is 1. The molecule has 1 atom stereocenters. The summed E-state index contributed by atoms with van der Waals surface area (Å²) in [5, 5.41) is 10.6. The average molecular weight is 567 g/mol. The zero-order valence-corrected chi connectivity index (χ0v) is 21.4. The van der Waals surface area contributed by atoms with Crippen molar-refractivity contribution in [3.8, 4) is 11.4 Å². The Bertz CT molecular complexity index is 1460. The maximum Gasteiger partial charge on any atom is 0.490 e. The maximum absolute atomic E-state index is 12.9. The summed E-state index contributed by atoms with van der Waals surface area (Å²) in [5.41, 5.74) is 2.56. The summed E-state index contributed by atoms with van der Waals surface area (Å²) in [7, 11) is -1.97. The predicted octanol–water partition coefficient (Wildman–Crippen LogP) is 2.09. The molecule has 4 N–H and O–H groups in total. The van der Waals surface area contributed by atoms with E-state index >= 15 is 0 Å². The number of carboxylic acid groups (broad SMARTS) is 1. The molecule has 0 aliphatic carbocycles. The minimum atomic E-state index is -5.08. The Labute approximate surface area is 221 Å². The number of carbonyl (C=O) groups excluding carboxylic acids is 1. The van der Waals surface area contributed by atoms with Crippen molar-refractivity contribution in [2.24, 2.45) is 18.0 Å². The number of aryl methyl sites for hydroxylation is 1. The molecule has 39 heavy (non-hydrogen) atoms. The molecule has 4 rings (SSSR count). The molecule has 0 unspecified atom stereocenters. The van der Waals surface area contributed by atoms with Crippen molar-refractivity contribution in [1.29, 1.82) is 0 Å². The molecule has 1 saturated heterocycles. The van der Waals surface area contributed by atoms with Crippen LogP contribution in [0.1, 0.15) is 17.5 Å². The van der Waals surface area contributed by atoms with E-state index in [2.05, 4.69) is 14.8 Å². The molecule has 0 saturated carbocycles. The van der Waals surface area contributed by atoms with Crippen molar-refractivity contribution in [1.82, 2.24) is 19.2 Å². The van der Waals surface area contributed by atoms with Gasteiger partial charge < -0.3 is 20.4 Å². The van der Waals surface area contributed by atoms with Gasteiger partial charge in [-0.3, -0.25) is 4.79 Å². The van der Waals surface area contributed by atoms with Crippen LogP contribution in [0.4, 0.5) is 13.2 Å². The Morgan fingerprint density at radius 2 is 1.92 bits per heavy atom. The van der Waals surface area contributed by atoms with Crippen molar-refractivity contribution < 1.29 is 36.3 Å². The molecule has 1 aliphatic heterocycles. The van der Waals surface area contributed by atoms with Crippen molar-refractivity contribution in [2.45, 2.75) is 30.1 Å². The summed E-state index contributed by atoms with van der Waals surface area (Å²) < 4.78 is 61.8. The van der Waals surface area contributed by atoms with Crippen molar-refractivity contribution in [2.75, 3.05) is 6.54 Å². The van der Waals surface area contributed by atoms with Gasteiger partial charge in [-0.25, -0.2) is 18.2 Å². The third kappa shape index (κ3) is 7.64. The number of benzene rings is 2. The lowest BCUT2D eigenvalue weighted by Gasteiger charge is -2.17. The molecule has 2 aromatic carbocycles. The lowest BCUT2D eigenvalue weighted by molar-refractivity contribution is -0.192. The van der Waals surface area contributed by atoms with Gasteiger partial charge in [0.25, 0.3) is 0 Å². The van der Waals surface area contributed by atoms with E-state index in [0.717, 1.165) is 22.5 Å². The first kappa shape index (κ1) is 29.3. The summed E-state index contributed by atoms with van der Waals surface area (Å²) in [6.45, 7) is 0.862. The van der Waals surface area contributed by atoms with Crippen molar-refractivity contribution in [3.63, 3.8) is 0 Å². The van der Waals surface area contributed by atoms with Crippen LogP contribution in [-0.2, 0) is 33.2 Å². The largest absolute Gasteiger partial charge is 0.490 e. The summed E-state index contributed by atoms with van der Waals surface area (Å²) in [6, 6.07) is 13.2. The third-order valence-corrected chi connectivity index (χ3v) is 7.12. The maximum atomic E-state index is 12.9. The normalized spacial score (nSPS) is 15.8. The monoisotopic (exact) mass is 566 g/mol. The minimum absolute atomic E-state index is 0.107. The van der Waals surface area contributed by atoms with Gasteiger partial charge >= 0.3 is 12.1 Å². The van der Waals surface area contributed by atoms with Gasteiger partial charge in [-0.05, 0) is 47.9 Å². The number of alkyl halides is 3. The molecule has 0 bridgehead atoms. The molecule has 1 aromatic heterocycles. The number of halogens is 3. The number of rotatable bonds is 7. The number of nitrogens with one attached hydrogen (secondary N) is 1. The molecule has 2 heterocycles. The van der Waals surface area contributed by atoms with E-state index in [1.165, 1.54) is 18.3 Å². The fraction of sp³-hybridized carbons (Fsp3) is 0.250. The topological polar surface area (TPSA) is 160 Å². The molecular formula is C24H25F3N6O5S. The fourth-order valence-electron chi connectivity index (χ4n) is 3.77. The van der Waals surface area contributed by atoms with E-state index in [9.17, 15) is 26.4 Å². The highest BCUT2D eigenvalue weighted by Gasteiger charge is 2.38. The summed E-state index contributed by atoms with van der Waals surface area (Å²) in [4.78, 5) is 27.7. The first-order chi connectivity index (χ1) is 18.3. The molecule has 1 fully saturated rings. The number of carbonyl (C=O) groups is 2. The molecule has 15 heteroatoms. The van der Waals surface area contributed by atoms with Crippen LogP contribution in [0.5, 0.6) is 0 Å². The summed E-state index contributed by atoms with van der Waals surface area (Å²) in [6.07, 6.45) is 0.362. The second-order valence-electron chi connectivity index (χ2n) is 8.43. The van der Waals surface area contributed by atoms with Crippen LogP contribution in [0.15, 0.2) is 70.9 Å². The number of nitrogens with two attached hydrogens (primary N) is 1. The second-order valence-corrected chi connectivity index (χ2v) is 10.1. The van der Waals surface area contributed by atoms with Gasteiger partial charge in [0.2, 0.25) is 15.9 Å². The second kappa shape index (κ2) is 12.1. The number of nitrogens with zero attached hydrogens (tertiary/aromatic N) is 4. The van der Waals surface area contributed by atoms with Gasteiger partial charge in [0.15, 0.2) is 0 Å². The number of likely N-dealkylation sites (tertiary alicyclic amines) is 1. The summed E-state index contributed by atoms with van der Waals surface area (Å²) in [5.74, 6) is 2.94. The number of hydrogen-bond donors (Lipinski definition) is 3. The number of imidazole rings is 1. The highest BCUT2D eigenvalue weighted by molar-refractivity contribution is 7.89. The van der Waals surface area contributed by atoms with Crippen molar-refractivity contribution in [3.05, 3.63) is 72.1 Å². The molecule has 1 amide bonds. The van der Waals surface area contributed by atoms with Gasteiger partial charge in [-0.2, -0.15) is 23.0 Å². The molecule has 3 aromatic rings. The van der Waals surface area contributed by atoms with Gasteiger partial charge in [0.1, 0.15) is 11.9 Å². The molecule has 0 radical (unpaired) electrons. The Morgan fingerprint density at radius 1 is 1.26 bits per heavy atom. The first-order valence-electron chi connectivity index (χ1n) is 11.3. The number of aromatic nitrogens is 2. The SMILES string of the molecule is Cn1ccnc1-c1ccc(S(=O)(=O)N[C@H]2CCN(Cc3cccc(C=NN)c3)C2=O)cc1.O=C(O)C(F)(F)F. The Hall–Kier alpha value is -4.24. The van der Waals surface area contributed by atoms with Gasteiger partial charge in [0, 0.05) is 38.1 Å². The van der Waals surface area contributed by atoms with Crippen LogP contribution in [0.25, 0.3) is 11.4 Å². The molecule has 0 spiro atoms. The van der Waals surface area contributed by atoms with Crippen LogP contribution >= 0.6 is 0 Å². The van der Waals surface area contributed by atoms with Gasteiger partial charge in [-0.15, -0.1) is 0 Å². The lowest BCUT2D eigenvalue weighted by atomic mass is 10.1. The van der Waals surface area contributed by atoms with Crippen LogP contribution in [0.2, 0.25) is 0 Å². The molecule has 208 valence electrons. The van der Waals surface area contributed by atoms with Crippen molar-refractivity contribution >= 4 is 28.1 Å². The summed E-state index contributed by atoms with van der Waals surface area (Å²) >= 11 is 0. The van der Waals surface area contributed by atoms with Gasteiger partial charge in [-0.1, -0.05) is 18.2 Å². The van der Waals surface area contributed by atoms with E-state index < -0.39 is 28.2 Å². The highest BCUT2D eigenvalue weighted by atomic mass is 32.2. The number of amides is 1. The first-order valence-corrected chi connectivity index (χ1v) is 12.8. The third-order valence-electron chi connectivity index (χ3n) is 5.63. The molecule has 11 nitrogen and oxygen atoms in total.